The fraction of sp³-hybridized carbons (Fsp3) is 0.600. The van der Waals surface area contributed by atoms with E-state index >= 15 is 0 Å². The molecule has 1 heterocycles. The molecule has 0 aliphatic heterocycles. The topological polar surface area (TPSA) is 63.2 Å². The van der Waals surface area contributed by atoms with Gasteiger partial charge < -0.3 is 15.4 Å². The maximum atomic E-state index is 11.7. The van der Waals surface area contributed by atoms with Gasteiger partial charge in [-0.05, 0) is 52.2 Å². The average molecular weight is 346 g/mol. The van der Waals surface area contributed by atoms with Crippen molar-refractivity contribution in [3.05, 3.63) is 21.9 Å². The first-order chi connectivity index (χ1) is 10.1. The summed E-state index contributed by atoms with van der Waals surface area (Å²) in [5.41, 5.74) is 1.27. The number of hydrogen-bond donors (Lipinski definition) is 2. The normalized spacial score (nSPS) is 21.0. The molecule has 1 fully saturated rings. The zero-order chi connectivity index (χ0) is 16.5. The molecule has 0 spiro atoms. The minimum absolute atomic E-state index is 0.117. The molecular weight excluding hydrogens is 325 g/mol. The van der Waals surface area contributed by atoms with Crippen LogP contribution in [0.25, 0.3) is 0 Å². The zero-order valence-electron chi connectivity index (χ0n) is 13.2. The van der Waals surface area contributed by atoms with E-state index in [9.17, 15) is 4.79 Å². The Bertz CT molecular complexity index is 543. The van der Waals surface area contributed by atoms with Crippen LogP contribution in [0.1, 0.15) is 39.2 Å². The van der Waals surface area contributed by atoms with E-state index in [0.717, 1.165) is 24.1 Å². The van der Waals surface area contributed by atoms with Crippen molar-refractivity contribution >= 4 is 35.0 Å². The summed E-state index contributed by atoms with van der Waals surface area (Å²) in [4.78, 5) is 15.7. The van der Waals surface area contributed by atoms with Crippen LogP contribution in [0.5, 0.6) is 0 Å². The van der Waals surface area contributed by atoms with Gasteiger partial charge in [-0.2, -0.15) is 0 Å². The van der Waals surface area contributed by atoms with Crippen LogP contribution in [0.15, 0.2) is 6.07 Å². The Hall–Kier alpha value is -1.20. The second-order valence-electron chi connectivity index (χ2n) is 6.58. The van der Waals surface area contributed by atoms with Gasteiger partial charge in [-0.25, -0.2) is 9.78 Å². The van der Waals surface area contributed by atoms with Crippen LogP contribution in [0.3, 0.4) is 0 Å². The maximum absolute atomic E-state index is 11.7. The molecule has 7 heteroatoms. The van der Waals surface area contributed by atoms with Gasteiger partial charge in [0.25, 0.3) is 0 Å². The first-order valence-electron chi connectivity index (χ1n) is 7.23. The van der Waals surface area contributed by atoms with E-state index in [1.54, 1.807) is 6.07 Å². The SMILES string of the molecule is Cc1cc(Cl)nc(Cl)c1NC1CC(NC(=O)OC(C)(C)C)C1. The molecule has 0 saturated heterocycles. The summed E-state index contributed by atoms with van der Waals surface area (Å²) in [5, 5.41) is 6.95. The lowest BCUT2D eigenvalue weighted by Crippen LogP contribution is -2.50. The molecule has 122 valence electrons. The highest BCUT2D eigenvalue weighted by Gasteiger charge is 2.32. The van der Waals surface area contributed by atoms with Crippen LogP contribution in [-0.4, -0.2) is 28.8 Å². The highest BCUT2D eigenvalue weighted by Crippen LogP contribution is 2.31. The van der Waals surface area contributed by atoms with Gasteiger partial charge >= 0.3 is 6.09 Å². The highest BCUT2D eigenvalue weighted by molar-refractivity contribution is 6.34. The number of carbonyl (C=O) groups is 1. The number of rotatable bonds is 3. The Labute approximate surface area is 140 Å². The van der Waals surface area contributed by atoms with Crippen LogP contribution in [0.2, 0.25) is 10.3 Å². The fourth-order valence-corrected chi connectivity index (χ4v) is 2.89. The van der Waals surface area contributed by atoms with Crippen molar-refractivity contribution in [2.75, 3.05) is 5.32 Å². The largest absolute Gasteiger partial charge is 0.444 e. The van der Waals surface area contributed by atoms with Crippen LogP contribution in [0, 0.1) is 6.92 Å². The molecule has 0 bridgehead atoms. The summed E-state index contributed by atoms with van der Waals surface area (Å²) in [6.07, 6.45) is 1.26. The predicted molar refractivity (Wildman–Crippen MR) is 88.8 cm³/mol. The average Bonchev–Trinajstić information content (AvgIpc) is 2.27. The zero-order valence-corrected chi connectivity index (χ0v) is 14.7. The molecule has 1 aliphatic rings. The van der Waals surface area contributed by atoms with E-state index in [1.165, 1.54) is 0 Å². The van der Waals surface area contributed by atoms with E-state index in [0.29, 0.717) is 10.3 Å². The van der Waals surface area contributed by atoms with E-state index in [2.05, 4.69) is 15.6 Å². The third kappa shape index (κ3) is 4.65. The van der Waals surface area contributed by atoms with Gasteiger partial charge in [-0.1, -0.05) is 23.2 Å². The van der Waals surface area contributed by atoms with Crippen molar-refractivity contribution in [2.45, 2.75) is 58.2 Å². The third-order valence-corrected chi connectivity index (χ3v) is 3.82. The van der Waals surface area contributed by atoms with Crippen molar-refractivity contribution in [1.29, 1.82) is 0 Å². The minimum Gasteiger partial charge on any atom is -0.444 e. The Morgan fingerprint density at radius 3 is 2.50 bits per heavy atom. The van der Waals surface area contributed by atoms with Crippen LogP contribution < -0.4 is 10.6 Å². The van der Waals surface area contributed by atoms with Crippen molar-refractivity contribution in [3.8, 4) is 0 Å². The molecule has 5 nitrogen and oxygen atoms in total. The number of anilines is 1. The molecule has 1 aliphatic carbocycles. The Kier molecular flexibility index (Phi) is 5.07. The summed E-state index contributed by atoms with van der Waals surface area (Å²) < 4.78 is 5.23. The standard InChI is InChI=1S/C15H21Cl2N3O2/c1-8-5-11(16)20-13(17)12(8)18-9-6-10(7-9)19-14(21)22-15(2,3)4/h5,9-10,18H,6-7H2,1-4H3,(H,19,21). The lowest BCUT2D eigenvalue weighted by molar-refractivity contribution is 0.0475. The number of aryl methyl sites for hydroxylation is 1. The molecule has 1 aromatic heterocycles. The van der Waals surface area contributed by atoms with Gasteiger partial charge in [0.2, 0.25) is 0 Å². The molecule has 22 heavy (non-hydrogen) atoms. The molecule has 1 saturated carbocycles. The first kappa shape index (κ1) is 17.2. The smallest absolute Gasteiger partial charge is 0.407 e. The monoisotopic (exact) mass is 345 g/mol. The van der Waals surface area contributed by atoms with Crippen molar-refractivity contribution in [3.63, 3.8) is 0 Å². The molecule has 2 N–H and O–H groups in total. The molecular formula is C15H21Cl2N3O2. The van der Waals surface area contributed by atoms with Gasteiger partial charge in [0.05, 0.1) is 5.69 Å². The Morgan fingerprint density at radius 1 is 1.32 bits per heavy atom. The van der Waals surface area contributed by atoms with Crippen LogP contribution in [0.4, 0.5) is 10.5 Å². The van der Waals surface area contributed by atoms with Gasteiger partial charge in [0.15, 0.2) is 5.15 Å². The molecule has 1 amide bonds. The number of carbonyl (C=O) groups excluding carboxylic acids is 1. The van der Waals surface area contributed by atoms with Gasteiger partial charge in [-0.3, -0.25) is 0 Å². The molecule has 0 atom stereocenters. The predicted octanol–water partition coefficient (Wildman–Crippen LogP) is 4.16. The number of ether oxygens (including phenoxy) is 1. The second kappa shape index (κ2) is 6.50. The van der Waals surface area contributed by atoms with Gasteiger partial charge in [0.1, 0.15) is 10.8 Å². The quantitative estimate of drug-likeness (QED) is 0.807. The summed E-state index contributed by atoms with van der Waals surface area (Å²) in [7, 11) is 0. The van der Waals surface area contributed by atoms with E-state index in [-0.39, 0.29) is 18.2 Å². The summed E-state index contributed by atoms with van der Waals surface area (Å²) in [6, 6.07) is 2.14. The van der Waals surface area contributed by atoms with Crippen LogP contribution >= 0.6 is 23.2 Å². The molecule has 1 aromatic rings. The number of halogens is 2. The van der Waals surface area contributed by atoms with Gasteiger partial charge in [0, 0.05) is 12.1 Å². The fourth-order valence-electron chi connectivity index (χ4n) is 2.30. The highest BCUT2D eigenvalue weighted by atomic mass is 35.5. The molecule has 0 unspecified atom stereocenters. The summed E-state index contributed by atoms with van der Waals surface area (Å²) in [5.74, 6) is 0. The Balaban J connectivity index is 1.82. The number of alkyl carbamates (subject to hydrolysis) is 1. The second-order valence-corrected chi connectivity index (χ2v) is 7.33. The number of nitrogens with one attached hydrogen (secondary N) is 2. The minimum atomic E-state index is -0.481. The third-order valence-electron chi connectivity index (χ3n) is 3.35. The van der Waals surface area contributed by atoms with E-state index in [4.69, 9.17) is 27.9 Å². The van der Waals surface area contributed by atoms with E-state index in [1.807, 2.05) is 27.7 Å². The lowest BCUT2D eigenvalue weighted by atomic mass is 9.86. The number of aromatic nitrogens is 1. The first-order valence-corrected chi connectivity index (χ1v) is 7.98. The Morgan fingerprint density at radius 2 is 1.95 bits per heavy atom. The summed E-state index contributed by atoms with van der Waals surface area (Å²) in [6.45, 7) is 7.46. The van der Waals surface area contributed by atoms with Crippen molar-refractivity contribution < 1.29 is 9.53 Å². The molecule has 0 aromatic carbocycles. The van der Waals surface area contributed by atoms with E-state index < -0.39 is 5.60 Å². The van der Waals surface area contributed by atoms with Crippen molar-refractivity contribution in [2.24, 2.45) is 0 Å². The number of hydrogen-bond acceptors (Lipinski definition) is 4. The van der Waals surface area contributed by atoms with Gasteiger partial charge in [-0.15, -0.1) is 0 Å². The number of nitrogens with zero attached hydrogens (tertiary/aromatic N) is 1. The van der Waals surface area contributed by atoms with Crippen LogP contribution in [-0.2, 0) is 4.74 Å². The molecule has 0 radical (unpaired) electrons. The maximum Gasteiger partial charge on any atom is 0.407 e. The number of pyridine rings is 1. The molecule has 2 rings (SSSR count). The lowest BCUT2D eigenvalue weighted by Gasteiger charge is -2.37. The summed E-state index contributed by atoms with van der Waals surface area (Å²) >= 11 is 12.0. The van der Waals surface area contributed by atoms with Crippen molar-refractivity contribution in [1.82, 2.24) is 10.3 Å². The number of amides is 1.